The summed E-state index contributed by atoms with van der Waals surface area (Å²) < 4.78 is 54.7. The minimum Gasteiger partial charge on any atom is -0.481 e. The average molecular weight is 1670 g/mol. The molecule has 5 fully saturated rings. The number of hydrogen-bond acceptors (Lipinski definition) is 31. The fourth-order valence-electron chi connectivity index (χ4n) is 16.2. The summed E-state index contributed by atoms with van der Waals surface area (Å²) in [4.78, 5) is 78.9. The Hall–Kier alpha value is -4.24. The molecular weight excluding hydrogens is 1530 g/mol. The van der Waals surface area contributed by atoms with Crippen molar-refractivity contribution < 1.29 is 163 Å². The molecule has 674 valence electrons. The number of rotatable bonds is 57. The van der Waals surface area contributed by atoms with E-state index in [1.807, 2.05) is 6.08 Å². The third-order valence-corrected chi connectivity index (χ3v) is 22.8. The molecule has 1 aliphatic carbocycles. The Labute approximate surface area is 680 Å². The number of aliphatic carboxylic acids is 2. The number of carbonyl (C=O) groups is 6. The normalized spacial score (nSPS) is 33.3. The third-order valence-electron chi connectivity index (χ3n) is 22.8. The fourth-order valence-corrected chi connectivity index (χ4v) is 16.2. The summed E-state index contributed by atoms with van der Waals surface area (Å²) in [6.07, 6.45) is -16.8. The number of unbranched alkanes of at least 4 members (excludes halogenated alkanes) is 25. The highest BCUT2D eigenvalue weighted by molar-refractivity contribution is 5.78. The zero-order valence-electron chi connectivity index (χ0n) is 68.2. The summed E-state index contributed by atoms with van der Waals surface area (Å²) >= 11 is 0. The number of aliphatic hydroxyl groups is 16. The number of ether oxygens (including phenoxy) is 9. The molecule has 21 N–H and O–H groups in total. The Morgan fingerprint density at radius 1 is 0.534 bits per heavy atom. The van der Waals surface area contributed by atoms with Gasteiger partial charge in [0.2, 0.25) is 17.7 Å². The molecule has 3 amide bonds. The van der Waals surface area contributed by atoms with Gasteiger partial charge in [-0.25, -0.2) is 4.79 Å². The van der Waals surface area contributed by atoms with E-state index in [1.165, 1.54) is 109 Å². The number of ketones is 1. The quantitative estimate of drug-likeness (QED) is 0.0280. The molecule has 5 aliphatic rings. The van der Waals surface area contributed by atoms with Crippen LogP contribution in [0.25, 0.3) is 0 Å². The van der Waals surface area contributed by atoms with E-state index in [0.29, 0.717) is 12.8 Å². The van der Waals surface area contributed by atoms with E-state index in [0.717, 1.165) is 78.6 Å². The number of hydrogen-bond donors (Lipinski definition) is 21. The van der Waals surface area contributed by atoms with Crippen molar-refractivity contribution in [3.8, 4) is 0 Å². The molecule has 1 saturated carbocycles. The van der Waals surface area contributed by atoms with Gasteiger partial charge in [0.25, 0.3) is 5.79 Å². The summed E-state index contributed by atoms with van der Waals surface area (Å²) in [5.41, 5.74) is 0. The first-order valence-electron chi connectivity index (χ1n) is 42.3. The predicted molar refractivity (Wildman–Crippen MR) is 412 cm³/mol. The van der Waals surface area contributed by atoms with E-state index >= 15 is 0 Å². The molecule has 4 heterocycles. The molecule has 0 unspecified atom stereocenters. The molecule has 30 atom stereocenters. The topological polar surface area (TPSA) is 586 Å². The number of aliphatic hydroxyl groups excluding tert-OH is 16. The van der Waals surface area contributed by atoms with E-state index in [1.54, 1.807) is 0 Å². The molecule has 0 bridgehead atoms. The first kappa shape index (κ1) is 102. The van der Waals surface area contributed by atoms with E-state index in [2.05, 4.69) is 29.8 Å². The third kappa shape index (κ3) is 31.3. The van der Waals surface area contributed by atoms with Crippen molar-refractivity contribution >= 4 is 35.4 Å². The van der Waals surface area contributed by atoms with Crippen LogP contribution < -0.4 is 16.0 Å². The van der Waals surface area contributed by atoms with Crippen molar-refractivity contribution in [2.24, 2.45) is 17.8 Å². The van der Waals surface area contributed by atoms with Gasteiger partial charge in [0, 0.05) is 51.6 Å². The Morgan fingerprint density at radius 3 is 1.57 bits per heavy atom. The molecule has 5 rings (SSSR count). The molecular formula is C80H141N3O33. The van der Waals surface area contributed by atoms with Gasteiger partial charge in [-0.2, -0.15) is 0 Å². The first-order chi connectivity index (χ1) is 55.4. The van der Waals surface area contributed by atoms with E-state index in [4.69, 9.17) is 42.6 Å². The molecule has 0 radical (unpaired) electrons. The van der Waals surface area contributed by atoms with Crippen LogP contribution in [0, 0.1) is 17.8 Å². The minimum absolute atomic E-state index is 0.127. The minimum atomic E-state index is -3.50. The summed E-state index contributed by atoms with van der Waals surface area (Å²) in [5, 5.41) is 211. The number of carboxylic acid groups (broad SMARTS) is 2. The maximum absolute atomic E-state index is 14.2. The molecule has 116 heavy (non-hydrogen) atoms. The van der Waals surface area contributed by atoms with Crippen LogP contribution in [-0.4, -0.2) is 332 Å². The van der Waals surface area contributed by atoms with Crippen LogP contribution in [0.4, 0.5) is 0 Å². The molecule has 4 saturated heterocycles. The van der Waals surface area contributed by atoms with Gasteiger partial charge in [-0.1, -0.05) is 180 Å². The molecule has 0 aromatic rings. The highest BCUT2D eigenvalue weighted by Crippen LogP contribution is 2.44. The largest absolute Gasteiger partial charge is 0.481 e. The predicted octanol–water partition coefficient (Wildman–Crippen LogP) is -0.0827. The second-order valence-electron chi connectivity index (χ2n) is 32.2. The summed E-state index contributed by atoms with van der Waals surface area (Å²) in [5.74, 6) is -15.9. The first-order valence-corrected chi connectivity index (χ1v) is 42.3. The Morgan fingerprint density at radius 2 is 1.07 bits per heavy atom. The number of Topliss-reactive ketones (excluding diaryl/α,β-unsaturated/α-hetero) is 1. The number of nitrogens with one attached hydrogen (secondary N) is 3. The lowest BCUT2D eigenvalue weighted by Gasteiger charge is -2.53. The Kier molecular flexibility index (Phi) is 47.3. The van der Waals surface area contributed by atoms with Crippen LogP contribution >= 0.6 is 0 Å². The van der Waals surface area contributed by atoms with Crippen LogP contribution in [0.15, 0.2) is 12.2 Å². The van der Waals surface area contributed by atoms with Gasteiger partial charge < -0.3 is 155 Å². The lowest BCUT2D eigenvalue weighted by atomic mass is 9.78. The van der Waals surface area contributed by atoms with Crippen molar-refractivity contribution in [2.75, 3.05) is 39.6 Å². The maximum Gasteiger partial charge on any atom is 0.364 e. The van der Waals surface area contributed by atoms with Crippen molar-refractivity contribution in [1.82, 2.24) is 16.0 Å². The summed E-state index contributed by atoms with van der Waals surface area (Å²) in [6.45, 7) is 1.22. The van der Waals surface area contributed by atoms with E-state index in [-0.39, 0.29) is 12.3 Å². The van der Waals surface area contributed by atoms with Gasteiger partial charge in [-0.05, 0) is 32.6 Å². The zero-order valence-corrected chi connectivity index (χ0v) is 68.2. The van der Waals surface area contributed by atoms with Crippen LogP contribution in [0.1, 0.15) is 234 Å². The monoisotopic (exact) mass is 1670 g/mol. The van der Waals surface area contributed by atoms with Crippen LogP contribution in [0.2, 0.25) is 0 Å². The Bertz CT molecular complexity index is 2840. The zero-order chi connectivity index (χ0) is 85.8. The molecule has 0 aromatic carbocycles. The fraction of sp³-hybridized carbons (Fsp3) is 0.900. The molecule has 4 aliphatic heterocycles. The molecule has 0 spiro atoms. The second kappa shape index (κ2) is 53.6. The van der Waals surface area contributed by atoms with Crippen LogP contribution in [0.3, 0.4) is 0 Å². The van der Waals surface area contributed by atoms with Crippen LogP contribution in [-0.2, 0) is 71.4 Å². The van der Waals surface area contributed by atoms with Crippen molar-refractivity contribution in [1.29, 1.82) is 0 Å². The van der Waals surface area contributed by atoms with Gasteiger partial charge in [-0.3, -0.25) is 19.2 Å². The number of amides is 3. The van der Waals surface area contributed by atoms with E-state index in [9.17, 15) is 121 Å². The van der Waals surface area contributed by atoms with Gasteiger partial charge >= 0.3 is 11.9 Å². The molecule has 36 nitrogen and oxygen atoms in total. The van der Waals surface area contributed by atoms with Crippen molar-refractivity contribution in [3.05, 3.63) is 12.2 Å². The lowest BCUT2D eigenvalue weighted by molar-refractivity contribution is -0.370. The lowest BCUT2D eigenvalue weighted by Crippen LogP contribution is -2.71. The van der Waals surface area contributed by atoms with Gasteiger partial charge in [0.1, 0.15) is 103 Å². The maximum atomic E-state index is 14.2. The highest BCUT2D eigenvalue weighted by atomic mass is 16.8. The standard InChI is InChI=1S/C80H141N3O33/c1-6-8-10-12-14-16-18-20-21-23-25-27-29-31-33-35-58(95)83-50(51(92)34-32-30-28-26-24-22-19-17-15-13-11-9-7-2)44-108-78-69(103)68(102)72(57(43-88)112-78)109-54-37-48(39-84)70(113-77-61(82-47(5)91)67(101)64(98)55(41-86)111-77)74(65(54)99)116-80(79(106)107)38-52(93)60(81-46(4)90)73(115-80)66(100)56(42-87)110-76-59(75(104)105)62(96)49(36-45(3)89)71(114-76)63(97)53(94)40-85/h32,34,48-57,59-74,76-78,84-88,92-94,96-103H,6-31,33,35-44H2,1-5H3,(H,81,90)(H,82,91)(H,83,95)(H,104,105)(H,106,107)/b34-32+/t48-,49-,50+,51+,52+,53-,54-,55-,56-,57-,59-,60-,61-,62-,63-,64+,65+,66-,67-,68-,69-,70+,71-,72-,73-,74-,76+,77+,78-,80+/m1/s1. The van der Waals surface area contributed by atoms with Gasteiger partial charge in [-0.15, -0.1) is 0 Å². The second-order valence-corrected chi connectivity index (χ2v) is 32.2. The number of allylic oxidation sites excluding steroid dienone is 1. The van der Waals surface area contributed by atoms with Crippen molar-refractivity contribution in [3.63, 3.8) is 0 Å². The highest BCUT2D eigenvalue weighted by Gasteiger charge is 2.62. The van der Waals surface area contributed by atoms with Crippen molar-refractivity contribution in [2.45, 2.75) is 399 Å². The Balaban J connectivity index is 1.44. The van der Waals surface area contributed by atoms with Crippen LogP contribution in [0.5, 0.6) is 0 Å². The number of carbonyl (C=O) groups excluding carboxylic acids is 4. The summed E-state index contributed by atoms with van der Waals surface area (Å²) in [6, 6.07) is -4.90. The van der Waals surface area contributed by atoms with Gasteiger partial charge in [0.05, 0.1) is 81.7 Å². The summed E-state index contributed by atoms with van der Waals surface area (Å²) in [7, 11) is 0. The average Bonchev–Trinajstić information content (AvgIpc) is 0.739. The van der Waals surface area contributed by atoms with Gasteiger partial charge in [0.15, 0.2) is 18.9 Å². The smallest absolute Gasteiger partial charge is 0.364 e. The molecule has 36 heteroatoms. The molecule has 0 aromatic heterocycles. The number of carboxylic acids is 2. The SMILES string of the molecule is CCCCCCCCCCCCC/C=C/[C@H](O)[C@H](CO[C@@H]1O[C@H](CO)[C@@H](O[C@@H]2C[C@H](CO)[C@H](O[C@@H]3O[C@H](CO)[C@H](O)[C@H](O)[C@H]3NC(C)=O)[C@H](O[C@]3(C(=O)O)C[C@H](O)[C@@H](NC(C)=O)[C@H]([C@H](O)[C@@H](CO)O[C@H]4O[C@@H]([C@H](O)[C@H](O)CO)[C@H](CC(C)=O)[C@@H](O)[C@@H]4C(=O)O)O3)[C@H]2O)[C@H](O)[C@H]1O)NC(=O)CCCCCCCCCCCCCCCCC. The van der Waals surface area contributed by atoms with E-state index < -0.39 is 271 Å².